The maximum Gasteiger partial charge on any atom is 0.138 e. The van der Waals surface area contributed by atoms with Gasteiger partial charge in [0, 0.05) is 5.56 Å². The molecule has 0 radical (unpaired) electrons. The minimum absolute atomic E-state index is 0.348. The number of hydrogen-bond donors (Lipinski definition) is 1. The zero-order valence-electron chi connectivity index (χ0n) is 14.4. The van der Waals surface area contributed by atoms with Crippen LogP contribution in [0.3, 0.4) is 0 Å². The molecule has 5 heteroatoms. The molecule has 0 atom stereocenters. The van der Waals surface area contributed by atoms with Crippen molar-refractivity contribution in [2.24, 2.45) is 5.10 Å². The SMILES string of the molecule is COc1ccc(C=NNc2ccccc2)cc1COc1ccccc1Cl. The summed E-state index contributed by atoms with van der Waals surface area (Å²) in [6.45, 7) is 0.348. The van der Waals surface area contributed by atoms with Gasteiger partial charge < -0.3 is 9.47 Å². The number of para-hydroxylation sites is 2. The molecule has 0 fully saturated rings. The monoisotopic (exact) mass is 366 g/mol. The Bertz CT molecular complexity index is 882. The van der Waals surface area contributed by atoms with Crippen LogP contribution in [0.25, 0.3) is 0 Å². The van der Waals surface area contributed by atoms with Gasteiger partial charge in [-0.2, -0.15) is 5.10 Å². The molecule has 0 spiro atoms. The summed E-state index contributed by atoms with van der Waals surface area (Å²) < 4.78 is 11.2. The van der Waals surface area contributed by atoms with Crippen LogP contribution in [0.1, 0.15) is 11.1 Å². The highest BCUT2D eigenvalue weighted by atomic mass is 35.5. The van der Waals surface area contributed by atoms with Gasteiger partial charge in [-0.1, -0.05) is 41.9 Å². The first-order valence-corrected chi connectivity index (χ1v) is 8.52. The van der Waals surface area contributed by atoms with Crippen molar-refractivity contribution in [1.29, 1.82) is 0 Å². The highest BCUT2D eigenvalue weighted by Crippen LogP contribution is 2.26. The third kappa shape index (κ3) is 4.77. The molecule has 0 aromatic heterocycles. The van der Waals surface area contributed by atoms with Crippen molar-refractivity contribution in [2.75, 3.05) is 12.5 Å². The first-order chi connectivity index (χ1) is 12.8. The summed E-state index contributed by atoms with van der Waals surface area (Å²) in [5.74, 6) is 1.39. The van der Waals surface area contributed by atoms with Crippen molar-refractivity contribution in [3.05, 3.63) is 88.9 Å². The molecule has 4 nitrogen and oxygen atoms in total. The summed E-state index contributed by atoms with van der Waals surface area (Å²) in [7, 11) is 1.64. The summed E-state index contributed by atoms with van der Waals surface area (Å²) in [6, 6.07) is 23.0. The summed E-state index contributed by atoms with van der Waals surface area (Å²) in [5, 5.41) is 4.84. The maximum absolute atomic E-state index is 6.14. The van der Waals surface area contributed by atoms with E-state index in [1.165, 1.54) is 0 Å². The van der Waals surface area contributed by atoms with E-state index < -0.39 is 0 Å². The van der Waals surface area contributed by atoms with E-state index in [1.807, 2.05) is 66.7 Å². The number of nitrogens with one attached hydrogen (secondary N) is 1. The molecule has 0 saturated heterocycles. The second-order valence-corrected chi connectivity index (χ2v) is 5.93. The minimum Gasteiger partial charge on any atom is -0.496 e. The molecule has 0 amide bonds. The Morgan fingerprint density at radius 3 is 2.50 bits per heavy atom. The summed E-state index contributed by atoms with van der Waals surface area (Å²) in [4.78, 5) is 0. The van der Waals surface area contributed by atoms with Crippen LogP contribution in [0.15, 0.2) is 77.9 Å². The molecule has 0 unspecified atom stereocenters. The van der Waals surface area contributed by atoms with E-state index in [0.29, 0.717) is 17.4 Å². The van der Waals surface area contributed by atoms with Gasteiger partial charge in [0.25, 0.3) is 0 Å². The average molecular weight is 367 g/mol. The van der Waals surface area contributed by atoms with E-state index in [1.54, 1.807) is 19.4 Å². The molecule has 26 heavy (non-hydrogen) atoms. The van der Waals surface area contributed by atoms with E-state index >= 15 is 0 Å². The molecule has 0 aliphatic heterocycles. The van der Waals surface area contributed by atoms with Crippen molar-refractivity contribution in [3.63, 3.8) is 0 Å². The van der Waals surface area contributed by atoms with Gasteiger partial charge in [-0.15, -0.1) is 0 Å². The van der Waals surface area contributed by atoms with Gasteiger partial charge in [-0.25, -0.2) is 0 Å². The topological polar surface area (TPSA) is 42.8 Å². The first kappa shape index (κ1) is 17.8. The third-order valence-electron chi connectivity index (χ3n) is 3.71. The van der Waals surface area contributed by atoms with Crippen molar-refractivity contribution < 1.29 is 9.47 Å². The molecule has 0 heterocycles. The first-order valence-electron chi connectivity index (χ1n) is 8.14. The second-order valence-electron chi connectivity index (χ2n) is 5.53. The fraction of sp³-hybridized carbons (Fsp3) is 0.0952. The molecular weight excluding hydrogens is 348 g/mol. The summed E-state index contributed by atoms with van der Waals surface area (Å²) in [6.07, 6.45) is 1.76. The molecular formula is C21H19ClN2O2. The third-order valence-corrected chi connectivity index (χ3v) is 4.02. The Labute approximate surface area is 158 Å². The van der Waals surface area contributed by atoms with Crippen LogP contribution in [-0.2, 0) is 6.61 Å². The van der Waals surface area contributed by atoms with Crippen LogP contribution >= 0.6 is 11.6 Å². The minimum atomic E-state index is 0.348. The van der Waals surface area contributed by atoms with Crippen LogP contribution in [-0.4, -0.2) is 13.3 Å². The van der Waals surface area contributed by atoms with Crippen molar-refractivity contribution in [1.82, 2.24) is 0 Å². The van der Waals surface area contributed by atoms with Crippen molar-refractivity contribution >= 4 is 23.5 Å². The second kappa shape index (κ2) is 8.92. The van der Waals surface area contributed by atoms with Crippen LogP contribution < -0.4 is 14.9 Å². The quantitative estimate of drug-likeness (QED) is 0.451. The Morgan fingerprint density at radius 2 is 1.73 bits per heavy atom. The molecule has 0 aliphatic carbocycles. The predicted octanol–water partition coefficient (Wildman–Crippen LogP) is 5.37. The van der Waals surface area contributed by atoms with E-state index in [9.17, 15) is 0 Å². The number of nitrogens with zero attached hydrogens (tertiary/aromatic N) is 1. The number of rotatable bonds is 7. The number of benzene rings is 3. The van der Waals surface area contributed by atoms with Gasteiger partial charge in [-0.05, 0) is 48.0 Å². The summed E-state index contributed by atoms with van der Waals surface area (Å²) >= 11 is 6.14. The zero-order chi connectivity index (χ0) is 18.2. The van der Waals surface area contributed by atoms with Crippen molar-refractivity contribution in [2.45, 2.75) is 6.61 Å². The van der Waals surface area contributed by atoms with Gasteiger partial charge in [0.05, 0.1) is 24.0 Å². The van der Waals surface area contributed by atoms with E-state index in [2.05, 4.69) is 10.5 Å². The van der Waals surface area contributed by atoms with Gasteiger partial charge in [-0.3, -0.25) is 5.43 Å². The molecule has 0 aliphatic rings. The lowest BCUT2D eigenvalue weighted by molar-refractivity contribution is 0.297. The van der Waals surface area contributed by atoms with E-state index in [4.69, 9.17) is 21.1 Å². The van der Waals surface area contributed by atoms with Crippen LogP contribution in [0.5, 0.6) is 11.5 Å². The van der Waals surface area contributed by atoms with Crippen LogP contribution in [0, 0.1) is 0 Å². The Balaban J connectivity index is 1.70. The number of methoxy groups -OCH3 is 1. The smallest absolute Gasteiger partial charge is 0.138 e. The Morgan fingerprint density at radius 1 is 0.962 bits per heavy atom. The molecule has 0 bridgehead atoms. The van der Waals surface area contributed by atoms with Crippen LogP contribution in [0.4, 0.5) is 5.69 Å². The van der Waals surface area contributed by atoms with Gasteiger partial charge >= 0.3 is 0 Å². The number of ether oxygens (including phenoxy) is 2. The summed E-state index contributed by atoms with van der Waals surface area (Å²) in [5.41, 5.74) is 5.78. The standard InChI is InChI=1S/C21H19ClN2O2/c1-25-20-12-11-16(14-23-24-18-7-3-2-4-8-18)13-17(20)15-26-21-10-6-5-9-19(21)22/h2-14,24H,15H2,1H3. The largest absolute Gasteiger partial charge is 0.496 e. The Kier molecular flexibility index (Phi) is 6.12. The van der Waals surface area contributed by atoms with Crippen LogP contribution in [0.2, 0.25) is 5.02 Å². The molecule has 132 valence electrons. The lowest BCUT2D eigenvalue weighted by atomic mass is 10.1. The lowest BCUT2D eigenvalue weighted by Crippen LogP contribution is -2.00. The number of halogens is 1. The highest BCUT2D eigenvalue weighted by Gasteiger charge is 2.07. The number of hydrogen-bond acceptors (Lipinski definition) is 4. The van der Waals surface area contributed by atoms with Gasteiger partial charge in [0.2, 0.25) is 0 Å². The van der Waals surface area contributed by atoms with Gasteiger partial charge in [0.1, 0.15) is 18.1 Å². The predicted molar refractivity (Wildman–Crippen MR) is 106 cm³/mol. The number of anilines is 1. The molecule has 3 rings (SSSR count). The normalized spacial score (nSPS) is 10.7. The maximum atomic E-state index is 6.14. The molecule has 0 saturated carbocycles. The molecule has 3 aromatic rings. The average Bonchev–Trinajstić information content (AvgIpc) is 2.68. The van der Waals surface area contributed by atoms with E-state index in [0.717, 1.165) is 22.6 Å². The van der Waals surface area contributed by atoms with E-state index in [-0.39, 0.29) is 0 Å². The van der Waals surface area contributed by atoms with Crippen molar-refractivity contribution in [3.8, 4) is 11.5 Å². The highest BCUT2D eigenvalue weighted by molar-refractivity contribution is 6.32. The number of hydrazone groups is 1. The molecule has 1 N–H and O–H groups in total. The fourth-order valence-electron chi connectivity index (χ4n) is 2.40. The molecule has 3 aromatic carbocycles. The Hall–Kier alpha value is -2.98. The zero-order valence-corrected chi connectivity index (χ0v) is 15.1. The fourth-order valence-corrected chi connectivity index (χ4v) is 2.59. The van der Waals surface area contributed by atoms with Gasteiger partial charge in [0.15, 0.2) is 0 Å². The lowest BCUT2D eigenvalue weighted by Gasteiger charge is -2.12.